The molecule has 0 aliphatic rings. The van der Waals surface area contributed by atoms with Crippen LogP contribution < -0.4 is 10.5 Å². The van der Waals surface area contributed by atoms with Crippen LogP contribution in [0, 0.1) is 0 Å². The molecule has 18 heavy (non-hydrogen) atoms. The van der Waals surface area contributed by atoms with Crippen molar-refractivity contribution in [2.45, 2.75) is 10.7 Å². The summed E-state index contributed by atoms with van der Waals surface area (Å²) < 4.78 is 28.4. The highest BCUT2D eigenvalue weighted by molar-refractivity contribution is 7.91. The Hall–Kier alpha value is -1.64. The first-order valence-electron chi connectivity index (χ1n) is 4.80. The molecule has 0 unspecified atom stereocenters. The van der Waals surface area contributed by atoms with E-state index >= 15 is 0 Å². The minimum Gasteiger partial charge on any atom is -0.497 e. The summed E-state index contributed by atoms with van der Waals surface area (Å²) in [4.78, 5) is 10.5. The third-order valence-electron chi connectivity index (χ3n) is 2.20. The number of rotatable bonds is 5. The second-order valence-electron chi connectivity index (χ2n) is 3.62. The number of carbonyl (C=O) groups is 1. The van der Waals surface area contributed by atoms with E-state index in [2.05, 4.69) is 5.73 Å². The minimum absolute atomic E-state index is 0.169. The van der Waals surface area contributed by atoms with Crippen LogP contribution in [0.1, 0.15) is 0 Å². The predicted octanol–water partition coefficient (Wildman–Crippen LogP) is -1.36. The number of amides is 1. The van der Waals surface area contributed by atoms with Crippen LogP contribution in [-0.2, 0) is 14.6 Å². The molecule has 0 radical (unpaired) electrons. The van der Waals surface area contributed by atoms with E-state index in [0.717, 1.165) is 0 Å². The summed E-state index contributed by atoms with van der Waals surface area (Å²) in [6.45, 7) is 0. The summed E-state index contributed by atoms with van der Waals surface area (Å²) in [5.74, 6) is -5.39. The third-order valence-corrected chi connectivity index (χ3v) is 3.98. The number of nitrogens with two attached hydrogens (primary N) is 1. The van der Waals surface area contributed by atoms with Crippen molar-refractivity contribution in [3.05, 3.63) is 24.3 Å². The van der Waals surface area contributed by atoms with E-state index in [9.17, 15) is 13.2 Å². The minimum atomic E-state index is -4.04. The number of sulfone groups is 1. The van der Waals surface area contributed by atoms with Crippen molar-refractivity contribution in [2.75, 3.05) is 12.9 Å². The Morgan fingerprint density at radius 3 is 2.22 bits per heavy atom. The zero-order chi connectivity index (χ0) is 14.0. The van der Waals surface area contributed by atoms with Crippen molar-refractivity contribution in [1.82, 2.24) is 0 Å². The molecule has 1 rings (SSSR count). The maximum Gasteiger partial charge on any atom is 0.278 e. The lowest BCUT2D eigenvalue weighted by molar-refractivity contribution is -0.173. The van der Waals surface area contributed by atoms with E-state index < -0.39 is 27.3 Å². The molecule has 0 aromatic heterocycles. The Morgan fingerprint density at radius 2 is 1.83 bits per heavy atom. The van der Waals surface area contributed by atoms with Crippen LogP contribution in [0.4, 0.5) is 0 Å². The molecular formula is C10H13NO6S. The average Bonchev–Trinajstić information content (AvgIpc) is 2.27. The number of hydrogen-bond acceptors (Lipinski definition) is 6. The Bertz CT molecular complexity index is 534. The largest absolute Gasteiger partial charge is 0.497 e. The number of carbonyl (C=O) groups excluding carboxylic acids is 1. The number of hydrogen-bond donors (Lipinski definition) is 3. The van der Waals surface area contributed by atoms with Gasteiger partial charge in [-0.3, -0.25) is 4.79 Å². The maximum atomic E-state index is 11.8. The first kappa shape index (κ1) is 14.4. The maximum absolute atomic E-state index is 11.8. The SMILES string of the molecule is COc1ccc(S(=O)(=O)CC(O)(O)C(N)=O)cc1. The molecule has 1 aromatic carbocycles. The van der Waals surface area contributed by atoms with Crippen molar-refractivity contribution in [3.8, 4) is 5.75 Å². The molecular weight excluding hydrogens is 262 g/mol. The van der Waals surface area contributed by atoms with Crippen molar-refractivity contribution >= 4 is 15.7 Å². The normalized spacial score (nSPS) is 12.2. The van der Waals surface area contributed by atoms with Gasteiger partial charge in [0.2, 0.25) is 0 Å². The molecule has 1 aromatic rings. The fourth-order valence-electron chi connectivity index (χ4n) is 1.20. The summed E-state index contributed by atoms with van der Waals surface area (Å²) in [5.41, 5.74) is 4.68. The number of benzene rings is 1. The van der Waals surface area contributed by atoms with Gasteiger partial charge in [0.1, 0.15) is 11.5 Å². The molecule has 0 spiro atoms. The summed E-state index contributed by atoms with van der Waals surface area (Å²) in [6, 6.07) is 5.25. The number of aliphatic hydroxyl groups is 2. The lowest BCUT2D eigenvalue weighted by Crippen LogP contribution is -2.49. The van der Waals surface area contributed by atoms with Gasteiger partial charge in [-0.2, -0.15) is 0 Å². The molecule has 0 saturated heterocycles. The highest BCUT2D eigenvalue weighted by atomic mass is 32.2. The van der Waals surface area contributed by atoms with Crippen LogP contribution >= 0.6 is 0 Å². The van der Waals surface area contributed by atoms with Gasteiger partial charge in [-0.25, -0.2) is 8.42 Å². The van der Waals surface area contributed by atoms with E-state index in [1.54, 1.807) is 0 Å². The van der Waals surface area contributed by atoms with Crippen LogP contribution in [0.5, 0.6) is 5.75 Å². The van der Waals surface area contributed by atoms with Gasteiger partial charge in [0.25, 0.3) is 11.7 Å². The Balaban J connectivity index is 3.03. The second-order valence-corrected chi connectivity index (χ2v) is 5.61. The predicted molar refractivity (Wildman–Crippen MR) is 61.4 cm³/mol. The van der Waals surface area contributed by atoms with Crippen molar-refractivity contribution in [3.63, 3.8) is 0 Å². The second kappa shape index (κ2) is 4.92. The fourth-order valence-corrected chi connectivity index (χ4v) is 2.59. The first-order valence-corrected chi connectivity index (χ1v) is 6.46. The molecule has 0 heterocycles. The van der Waals surface area contributed by atoms with E-state index in [0.29, 0.717) is 5.75 Å². The van der Waals surface area contributed by atoms with Crippen LogP contribution in [-0.4, -0.2) is 43.2 Å². The van der Waals surface area contributed by atoms with Crippen molar-refractivity contribution in [1.29, 1.82) is 0 Å². The highest BCUT2D eigenvalue weighted by Crippen LogP contribution is 2.19. The lowest BCUT2D eigenvalue weighted by Gasteiger charge is -2.17. The number of methoxy groups -OCH3 is 1. The van der Waals surface area contributed by atoms with E-state index in [4.69, 9.17) is 14.9 Å². The molecule has 0 bridgehead atoms. The molecule has 0 aliphatic carbocycles. The van der Waals surface area contributed by atoms with Gasteiger partial charge in [0, 0.05) is 0 Å². The molecule has 4 N–H and O–H groups in total. The Labute approximate surface area is 104 Å². The fraction of sp³-hybridized carbons (Fsp3) is 0.300. The van der Waals surface area contributed by atoms with Gasteiger partial charge >= 0.3 is 0 Å². The molecule has 100 valence electrons. The third kappa shape index (κ3) is 3.19. The number of ether oxygens (including phenoxy) is 1. The summed E-state index contributed by atoms with van der Waals surface area (Å²) in [5, 5.41) is 18.3. The summed E-state index contributed by atoms with van der Waals surface area (Å²) >= 11 is 0. The average molecular weight is 275 g/mol. The molecule has 8 heteroatoms. The topological polar surface area (TPSA) is 127 Å². The van der Waals surface area contributed by atoms with Gasteiger partial charge in [0.05, 0.1) is 12.0 Å². The van der Waals surface area contributed by atoms with Crippen LogP contribution in [0.25, 0.3) is 0 Å². The summed E-state index contributed by atoms with van der Waals surface area (Å²) in [7, 11) is -2.62. The zero-order valence-electron chi connectivity index (χ0n) is 9.53. The summed E-state index contributed by atoms with van der Waals surface area (Å²) in [6.07, 6.45) is 0. The zero-order valence-corrected chi connectivity index (χ0v) is 10.3. The molecule has 0 atom stereocenters. The quantitative estimate of drug-likeness (QED) is 0.569. The van der Waals surface area contributed by atoms with Crippen LogP contribution in [0.2, 0.25) is 0 Å². The Morgan fingerprint density at radius 1 is 1.33 bits per heavy atom. The molecule has 0 aliphatic heterocycles. The van der Waals surface area contributed by atoms with Crippen LogP contribution in [0.15, 0.2) is 29.2 Å². The van der Waals surface area contributed by atoms with E-state index in [1.165, 1.54) is 31.4 Å². The number of primary amides is 1. The van der Waals surface area contributed by atoms with Gasteiger partial charge in [-0.05, 0) is 24.3 Å². The van der Waals surface area contributed by atoms with Gasteiger partial charge in [-0.15, -0.1) is 0 Å². The van der Waals surface area contributed by atoms with Crippen LogP contribution in [0.3, 0.4) is 0 Å². The molecule has 7 nitrogen and oxygen atoms in total. The van der Waals surface area contributed by atoms with Crippen molar-refractivity contribution in [2.24, 2.45) is 5.73 Å². The Kier molecular flexibility index (Phi) is 3.95. The monoisotopic (exact) mass is 275 g/mol. The standard InChI is InChI=1S/C10H13NO6S/c1-17-7-2-4-8(5-3-7)18(15,16)6-10(13,14)9(11)12/h2-5,13-14H,6H2,1H3,(H2,11,12). The van der Waals surface area contributed by atoms with E-state index in [1.807, 2.05) is 0 Å². The van der Waals surface area contributed by atoms with Gasteiger partial charge < -0.3 is 20.7 Å². The molecule has 0 saturated carbocycles. The first-order chi connectivity index (χ1) is 8.19. The highest BCUT2D eigenvalue weighted by Gasteiger charge is 2.37. The van der Waals surface area contributed by atoms with Gasteiger partial charge in [0.15, 0.2) is 9.84 Å². The van der Waals surface area contributed by atoms with Crippen molar-refractivity contribution < 1.29 is 28.2 Å². The lowest BCUT2D eigenvalue weighted by atomic mass is 10.3. The molecule has 0 fully saturated rings. The van der Waals surface area contributed by atoms with Gasteiger partial charge in [-0.1, -0.05) is 0 Å². The smallest absolute Gasteiger partial charge is 0.278 e. The molecule has 1 amide bonds. The van der Waals surface area contributed by atoms with E-state index in [-0.39, 0.29) is 4.90 Å².